The van der Waals surface area contributed by atoms with Crippen LogP contribution >= 0.6 is 0 Å². The van der Waals surface area contributed by atoms with Crippen LogP contribution in [-0.2, 0) is 4.74 Å². The van der Waals surface area contributed by atoms with Gasteiger partial charge in [0, 0.05) is 30.4 Å². The summed E-state index contributed by atoms with van der Waals surface area (Å²) in [6.07, 6.45) is 2.24. The molecule has 0 unspecified atom stereocenters. The lowest BCUT2D eigenvalue weighted by molar-refractivity contribution is -0.212. The molecule has 4 aliphatic heterocycles. The first kappa shape index (κ1) is 18.8. The summed E-state index contributed by atoms with van der Waals surface area (Å²) in [4.78, 5) is 0. The van der Waals surface area contributed by atoms with Gasteiger partial charge in [-0.3, -0.25) is 0 Å². The average Bonchev–Trinajstić information content (AvgIpc) is 3.40. The highest BCUT2D eigenvalue weighted by Crippen LogP contribution is 2.54. The number of methoxy groups -OCH3 is 1. The maximum Gasteiger partial charge on any atom is 0.231 e. The van der Waals surface area contributed by atoms with Crippen LogP contribution in [0.25, 0.3) is 0 Å². The Morgan fingerprint density at radius 3 is 2.84 bits per heavy atom. The minimum absolute atomic E-state index is 0.0770. The number of ether oxygens (including phenoxy) is 5. The van der Waals surface area contributed by atoms with Crippen molar-refractivity contribution in [1.29, 1.82) is 0 Å². The fourth-order valence-electron chi connectivity index (χ4n) is 5.25. The lowest BCUT2D eigenvalue weighted by Gasteiger charge is -2.52. The summed E-state index contributed by atoms with van der Waals surface area (Å²) in [5, 5.41) is 7.31. The van der Waals surface area contributed by atoms with Gasteiger partial charge in [0.25, 0.3) is 0 Å². The average molecular weight is 422 g/mol. The Hall–Kier alpha value is -2.93. The molecule has 1 spiro atoms. The van der Waals surface area contributed by atoms with E-state index in [9.17, 15) is 0 Å². The first-order chi connectivity index (χ1) is 15.0. The van der Waals surface area contributed by atoms with Gasteiger partial charge in [0.05, 0.1) is 31.1 Å². The quantitative estimate of drug-likeness (QED) is 0.721. The molecule has 4 aliphatic rings. The van der Waals surface area contributed by atoms with E-state index in [2.05, 4.69) is 31.0 Å². The molecule has 7 heteroatoms. The number of nitrogens with zero attached hydrogens (tertiary/aromatic N) is 2. The van der Waals surface area contributed by atoms with Gasteiger partial charge >= 0.3 is 0 Å². The highest BCUT2D eigenvalue weighted by atomic mass is 16.7. The molecule has 0 bridgehead atoms. The molecule has 31 heavy (non-hydrogen) atoms. The number of hydrogen-bond donors (Lipinski definition) is 0. The van der Waals surface area contributed by atoms with Crippen LogP contribution in [0.5, 0.6) is 23.0 Å². The Morgan fingerprint density at radius 2 is 2.00 bits per heavy atom. The zero-order chi connectivity index (χ0) is 21.2. The summed E-state index contributed by atoms with van der Waals surface area (Å²) in [5.41, 5.74) is 2.29. The summed E-state index contributed by atoms with van der Waals surface area (Å²) >= 11 is 0. The Balaban J connectivity index is 1.46. The summed E-state index contributed by atoms with van der Waals surface area (Å²) in [7, 11) is 1.69. The molecular formula is C24H26N2O5. The van der Waals surface area contributed by atoms with Gasteiger partial charge in [0.2, 0.25) is 12.5 Å². The second-order valence-electron chi connectivity index (χ2n) is 9.14. The van der Waals surface area contributed by atoms with Gasteiger partial charge in [-0.2, -0.15) is 5.10 Å². The molecule has 0 N–H and O–H groups in total. The standard InChI is InChI=1S/C24H26N2O5/c1-23(2)13-24(9-10-30-23)26-18(16-5-4-6-20(27-3)22(16)31-24)12-17(25-26)15-7-8-19-21(11-15)29-14-28-19/h4-8,11,18H,9-10,12-14H2,1-3H3/t18-,24-/m1/s1. The van der Waals surface area contributed by atoms with Crippen molar-refractivity contribution in [3.8, 4) is 23.0 Å². The summed E-state index contributed by atoms with van der Waals surface area (Å²) in [6.45, 7) is 5.11. The zero-order valence-electron chi connectivity index (χ0n) is 18.0. The minimum atomic E-state index is -0.577. The van der Waals surface area contributed by atoms with Crippen molar-refractivity contribution in [3.05, 3.63) is 47.5 Å². The number of rotatable bonds is 2. The summed E-state index contributed by atoms with van der Waals surface area (Å²) in [5.74, 6) is 3.13. The van der Waals surface area contributed by atoms with Crippen LogP contribution in [-0.4, -0.2) is 42.6 Å². The number of benzene rings is 2. The van der Waals surface area contributed by atoms with E-state index in [1.807, 2.05) is 24.3 Å². The lowest BCUT2D eigenvalue weighted by Crippen LogP contribution is -2.60. The van der Waals surface area contributed by atoms with E-state index in [1.54, 1.807) is 7.11 Å². The number of para-hydroxylation sites is 1. The molecule has 2 aromatic rings. The monoisotopic (exact) mass is 422 g/mol. The molecule has 1 saturated heterocycles. The van der Waals surface area contributed by atoms with E-state index in [-0.39, 0.29) is 18.4 Å². The summed E-state index contributed by atoms with van der Waals surface area (Å²) < 4.78 is 29.5. The molecule has 7 nitrogen and oxygen atoms in total. The molecule has 1 fully saturated rings. The highest BCUT2D eigenvalue weighted by Gasteiger charge is 2.55. The van der Waals surface area contributed by atoms with E-state index in [0.29, 0.717) is 13.0 Å². The maximum atomic E-state index is 6.76. The lowest BCUT2D eigenvalue weighted by atomic mass is 9.86. The van der Waals surface area contributed by atoms with Gasteiger partial charge in [-0.25, -0.2) is 5.01 Å². The molecule has 2 aromatic carbocycles. The zero-order valence-corrected chi connectivity index (χ0v) is 18.0. The number of hydrogen-bond acceptors (Lipinski definition) is 7. The third kappa shape index (κ3) is 2.86. The molecule has 6 rings (SSSR count). The predicted octanol–water partition coefficient (Wildman–Crippen LogP) is 4.25. The van der Waals surface area contributed by atoms with E-state index in [0.717, 1.165) is 52.7 Å². The molecule has 0 saturated carbocycles. The van der Waals surface area contributed by atoms with Crippen molar-refractivity contribution < 1.29 is 23.7 Å². The predicted molar refractivity (Wildman–Crippen MR) is 114 cm³/mol. The van der Waals surface area contributed by atoms with Crippen LogP contribution in [0.4, 0.5) is 0 Å². The number of hydrazone groups is 1. The molecule has 162 valence electrons. The Bertz CT molecular complexity index is 1080. The first-order valence-corrected chi connectivity index (χ1v) is 10.7. The van der Waals surface area contributed by atoms with Crippen molar-refractivity contribution >= 4 is 5.71 Å². The molecule has 0 aromatic heterocycles. The Kier molecular flexibility index (Phi) is 3.96. The SMILES string of the molecule is COc1cccc2c1O[C@@]1(CCOC(C)(C)C1)N1N=C(c3ccc4c(c3)OCO4)C[C@H]21. The second kappa shape index (κ2) is 6.53. The van der Waals surface area contributed by atoms with Crippen LogP contribution in [0.1, 0.15) is 50.3 Å². The normalized spacial score (nSPS) is 27.4. The van der Waals surface area contributed by atoms with E-state index >= 15 is 0 Å². The van der Waals surface area contributed by atoms with Gasteiger partial charge in [-0.1, -0.05) is 12.1 Å². The first-order valence-electron chi connectivity index (χ1n) is 10.7. The molecule has 0 radical (unpaired) electrons. The van der Waals surface area contributed by atoms with Crippen LogP contribution in [0.15, 0.2) is 41.5 Å². The van der Waals surface area contributed by atoms with Crippen molar-refractivity contribution in [2.24, 2.45) is 5.10 Å². The van der Waals surface area contributed by atoms with Gasteiger partial charge in [-0.15, -0.1) is 0 Å². The van der Waals surface area contributed by atoms with E-state index in [4.69, 9.17) is 28.8 Å². The third-order valence-corrected chi connectivity index (χ3v) is 6.60. The van der Waals surface area contributed by atoms with Gasteiger partial charge in [-0.05, 0) is 38.1 Å². The molecule has 0 amide bonds. The minimum Gasteiger partial charge on any atom is -0.493 e. The summed E-state index contributed by atoms with van der Waals surface area (Å²) in [6, 6.07) is 12.2. The van der Waals surface area contributed by atoms with Crippen LogP contribution < -0.4 is 18.9 Å². The largest absolute Gasteiger partial charge is 0.493 e. The fourth-order valence-corrected chi connectivity index (χ4v) is 5.25. The number of fused-ring (bicyclic) bond motifs is 5. The smallest absolute Gasteiger partial charge is 0.231 e. The van der Waals surface area contributed by atoms with Crippen molar-refractivity contribution in [2.45, 2.75) is 50.5 Å². The fraction of sp³-hybridized carbons (Fsp3) is 0.458. The van der Waals surface area contributed by atoms with Gasteiger partial charge in [0.15, 0.2) is 23.0 Å². The van der Waals surface area contributed by atoms with Crippen molar-refractivity contribution in [3.63, 3.8) is 0 Å². The highest BCUT2D eigenvalue weighted by molar-refractivity contribution is 6.02. The third-order valence-electron chi connectivity index (χ3n) is 6.60. The maximum absolute atomic E-state index is 6.76. The molecular weight excluding hydrogens is 396 g/mol. The molecule has 0 aliphatic carbocycles. The second-order valence-corrected chi connectivity index (χ2v) is 9.14. The van der Waals surface area contributed by atoms with Gasteiger partial charge < -0.3 is 23.7 Å². The van der Waals surface area contributed by atoms with Crippen LogP contribution in [0.3, 0.4) is 0 Å². The van der Waals surface area contributed by atoms with Gasteiger partial charge in [0.1, 0.15) is 0 Å². The Morgan fingerprint density at radius 1 is 1.13 bits per heavy atom. The Labute approximate surface area is 181 Å². The van der Waals surface area contributed by atoms with E-state index < -0.39 is 5.72 Å². The van der Waals surface area contributed by atoms with Crippen LogP contribution in [0, 0.1) is 0 Å². The van der Waals surface area contributed by atoms with Crippen LogP contribution in [0.2, 0.25) is 0 Å². The molecule has 4 heterocycles. The van der Waals surface area contributed by atoms with Crippen molar-refractivity contribution in [2.75, 3.05) is 20.5 Å². The van der Waals surface area contributed by atoms with Crippen molar-refractivity contribution in [1.82, 2.24) is 5.01 Å². The topological polar surface area (TPSA) is 61.8 Å². The molecule has 2 atom stereocenters. The van der Waals surface area contributed by atoms with E-state index in [1.165, 1.54) is 0 Å².